The van der Waals surface area contributed by atoms with E-state index in [-0.39, 0.29) is 40.0 Å². The third-order valence-corrected chi connectivity index (χ3v) is 7.54. The Labute approximate surface area is 194 Å². The first-order valence-electron chi connectivity index (χ1n) is 10.6. The van der Waals surface area contributed by atoms with E-state index in [0.29, 0.717) is 11.4 Å². The van der Waals surface area contributed by atoms with Gasteiger partial charge in [-0.25, -0.2) is 4.21 Å². The summed E-state index contributed by atoms with van der Waals surface area (Å²) in [7, 11) is -1.82. The molecule has 1 unspecified atom stereocenters. The number of benzene rings is 1. The van der Waals surface area contributed by atoms with Gasteiger partial charge in [0, 0.05) is 28.1 Å². The molecule has 1 heterocycles. The summed E-state index contributed by atoms with van der Waals surface area (Å²) in [5.74, 6) is -0.587. The standard InChI is InChI=1S/C23H26ClN3O4S/c1-4-5-19(28)27-32(30)20-9-8-18(31-20)21(29)26-23-11-22(12-23,13-23)15(3)25-17-10-16(24)7-6-14(17)2/h6-10H,4-5,11-13H2,1-3H3,(H,26,29)(H,27,28). The van der Waals surface area contributed by atoms with Gasteiger partial charge in [0.25, 0.3) is 5.91 Å². The maximum absolute atomic E-state index is 12.6. The highest BCUT2D eigenvalue weighted by Crippen LogP contribution is 2.68. The van der Waals surface area contributed by atoms with Crippen molar-refractivity contribution in [3.8, 4) is 0 Å². The molecule has 0 aliphatic heterocycles. The van der Waals surface area contributed by atoms with Crippen molar-refractivity contribution >= 4 is 45.8 Å². The molecule has 9 heteroatoms. The number of hydrogen-bond donors (Lipinski definition) is 2. The van der Waals surface area contributed by atoms with Crippen molar-refractivity contribution in [1.82, 2.24) is 10.0 Å². The smallest absolute Gasteiger partial charge is 0.287 e. The molecule has 1 aromatic carbocycles. The number of nitrogens with one attached hydrogen (secondary N) is 2. The van der Waals surface area contributed by atoms with Crippen LogP contribution in [0.15, 0.2) is 44.8 Å². The second kappa shape index (κ2) is 8.48. The van der Waals surface area contributed by atoms with E-state index in [2.05, 4.69) is 10.0 Å². The maximum atomic E-state index is 12.6. The highest BCUT2D eigenvalue weighted by molar-refractivity contribution is 7.83. The molecule has 0 spiro atoms. The molecular weight excluding hydrogens is 450 g/mol. The van der Waals surface area contributed by atoms with Crippen LogP contribution in [0.3, 0.4) is 0 Å². The van der Waals surface area contributed by atoms with Gasteiger partial charge < -0.3 is 9.73 Å². The van der Waals surface area contributed by atoms with Crippen LogP contribution in [-0.4, -0.2) is 27.3 Å². The molecule has 3 aliphatic carbocycles. The number of carbonyl (C=O) groups is 2. The Balaban J connectivity index is 1.35. The first-order valence-corrected chi connectivity index (χ1v) is 12.1. The van der Waals surface area contributed by atoms with Gasteiger partial charge in [0.2, 0.25) is 11.0 Å². The number of furan rings is 1. The van der Waals surface area contributed by atoms with Crippen LogP contribution in [-0.2, 0) is 15.8 Å². The van der Waals surface area contributed by atoms with Gasteiger partial charge in [0.1, 0.15) is 0 Å². The third-order valence-electron chi connectivity index (χ3n) is 6.31. The number of hydrogen-bond acceptors (Lipinski definition) is 5. The number of rotatable bonds is 8. The van der Waals surface area contributed by atoms with Crippen molar-refractivity contribution < 1.29 is 18.2 Å². The first-order chi connectivity index (χ1) is 15.2. The molecule has 1 aromatic heterocycles. The van der Waals surface area contributed by atoms with Crippen LogP contribution in [0.25, 0.3) is 0 Å². The summed E-state index contributed by atoms with van der Waals surface area (Å²) in [6.45, 7) is 5.90. The number of nitrogens with zero attached hydrogens (tertiary/aromatic N) is 1. The van der Waals surface area contributed by atoms with Gasteiger partial charge >= 0.3 is 0 Å². The quantitative estimate of drug-likeness (QED) is 0.543. The number of carbonyl (C=O) groups excluding carboxylic acids is 2. The molecular formula is C23H26ClN3O4S. The number of aliphatic imine (C=N–C) groups is 1. The van der Waals surface area contributed by atoms with Crippen LogP contribution in [0.1, 0.15) is 62.1 Å². The Morgan fingerprint density at radius 1 is 1.22 bits per heavy atom. The monoisotopic (exact) mass is 475 g/mol. The van der Waals surface area contributed by atoms with E-state index in [1.165, 1.54) is 12.1 Å². The van der Waals surface area contributed by atoms with Gasteiger partial charge in [-0.3, -0.25) is 19.3 Å². The van der Waals surface area contributed by atoms with E-state index >= 15 is 0 Å². The minimum absolute atomic E-state index is 0.0153. The van der Waals surface area contributed by atoms with E-state index in [0.717, 1.165) is 36.2 Å². The largest absolute Gasteiger partial charge is 0.440 e. The van der Waals surface area contributed by atoms with E-state index in [4.69, 9.17) is 21.0 Å². The molecule has 0 radical (unpaired) electrons. The van der Waals surface area contributed by atoms with E-state index in [9.17, 15) is 13.8 Å². The Kier molecular flexibility index (Phi) is 6.02. The fourth-order valence-corrected chi connectivity index (χ4v) is 5.52. The Morgan fingerprint density at radius 2 is 1.94 bits per heavy atom. The molecule has 5 rings (SSSR count). The van der Waals surface area contributed by atoms with E-state index < -0.39 is 11.0 Å². The van der Waals surface area contributed by atoms with Gasteiger partial charge in [-0.15, -0.1) is 0 Å². The van der Waals surface area contributed by atoms with Crippen molar-refractivity contribution in [1.29, 1.82) is 0 Å². The van der Waals surface area contributed by atoms with E-state index in [1.807, 2.05) is 39.0 Å². The highest BCUT2D eigenvalue weighted by atomic mass is 35.5. The average molecular weight is 476 g/mol. The molecule has 32 heavy (non-hydrogen) atoms. The normalized spacial score (nSPS) is 24.8. The zero-order valence-corrected chi connectivity index (χ0v) is 19.9. The lowest BCUT2D eigenvalue weighted by atomic mass is 9.38. The summed E-state index contributed by atoms with van der Waals surface area (Å²) >= 11 is 6.10. The molecule has 2 amide bonds. The van der Waals surface area contributed by atoms with Crippen LogP contribution in [0.4, 0.5) is 5.69 Å². The van der Waals surface area contributed by atoms with Crippen molar-refractivity contribution in [2.24, 2.45) is 10.4 Å². The Hall–Kier alpha value is -2.45. The number of halogens is 1. The second-order valence-electron chi connectivity index (χ2n) is 8.84. The lowest BCUT2D eigenvalue weighted by Gasteiger charge is -2.70. The molecule has 0 saturated heterocycles. The van der Waals surface area contributed by atoms with Crippen molar-refractivity contribution in [2.45, 2.75) is 63.5 Å². The summed E-state index contributed by atoms with van der Waals surface area (Å²) < 4.78 is 20.0. The SMILES string of the molecule is CCCC(=O)NS(=O)c1ccc(C(=O)NC23CC(C(C)=Nc4cc(Cl)ccc4C)(C2)C3)o1. The number of aryl methyl sites for hydroxylation is 1. The fraction of sp³-hybridized carbons (Fsp3) is 0.435. The average Bonchev–Trinajstić information content (AvgIpc) is 3.16. The van der Waals surface area contributed by atoms with Crippen LogP contribution in [0, 0.1) is 12.3 Å². The van der Waals surface area contributed by atoms with Crippen LogP contribution in [0.2, 0.25) is 5.02 Å². The maximum Gasteiger partial charge on any atom is 0.287 e. The van der Waals surface area contributed by atoms with Crippen LogP contribution < -0.4 is 10.0 Å². The van der Waals surface area contributed by atoms with Gasteiger partial charge in [-0.2, -0.15) is 0 Å². The molecule has 3 saturated carbocycles. The lowest BCUT2D eigenvalue weighted by molar-refractivity contribution is -0.119. The summed E-state index contributed by atoms with van der Waals surface area (Å²) in [4.78, 5) is 29.1. The fourth-order valence-electron chi connectivity index (χ4n) is 4.58. The van der Waals surface area contributed by atoms with Gasteiger partial charge in [-0.05, 0) is 69.4 Å². The molecule has 7 nitrogen and oxygen atoms in total. The van der Waals surface area contributed by atoms with Crippen LogP contribution in [0.5, 0.6) is 0 Å². The molecule has 1 atom stereocenters. The minimum atomic E-state index is -1.82. The van der Waals surface area contributed by atoms with Gasteiger partial charge in [0.15, 0.2) is 16.7 Å². The summed E-state index contributed by atoms with van der Waals surface area (Å²) in [6.07, 6.45) is 3.42. The summed E-state index contributed by atoms with van der Waals surface area (Å²) in [6, 6.07) is 8.60. The molecule has 170 valence electrons. The van der Waals surface area contributed by atoms with Crippen molar-refractivity contribution in [3.05, 3.63) is 46.7 Å². The molecule has 3 aliphatic rings. The predicted molar refractivity (Wildman–Crippen MR) is 124 cm³/mol. The second-order valence-corrected chi connectivity index (χ2v) is 10.4. The highest BCUT2D eigenvalue weighted by Gasteiger charge is 2.69. The van der Waals surface area contributed by atoms with Gasteiger partial charge in [0.05, 0.1) is 5.69 Å². The Bertz CT molecular complexity index is 1120. The van der Waals surface area contributed by atoms with Crippen molar-refractivity contribution in [2.75, 3.05) is 0 Å². The zero-order chi connectivity index (χ0) is 23.1. The summed E-state index contributed by atoms with van der Waals surface area (Å²) in [5, 5.41) is 3.77. The lowest BCUT2D eigenvalue weighted by Crippen LogP contribution is -2.76. The topological polar surface area (TPSA) is 101 Å². The Morgan fingerprint density at radius 3 is 2.62 bits per heavy atom. The molecule has 2 aromatic rings. The van der Waals surface area contributed by atoms with Gasteiger partial charge in [-0.1, -0.05) is 24.6 Å². The molecule has 3 fully saturated rings. The molecule has 2 N–H and O–H groups in total. The first kappa shape index (κ1) is 22.7. The molecule has 2 bridgehead atoms. The summed E-state index contributed by atoms with van der Waals surface area (Å²) in [5.41, 5.74) is 2.76. The predicted octanol–water partition coefficient (Wildman–Crippen LogP) is 4.63. The van der Waals surface area contributed by atoms with E-state index in [1.54, 1.807) is 0 Å². The third kappa shape index (κ3) is 4.26. The zero-order valence-electron chi connectivity index (χ0n) is 18.3. The van der Waals surface area contributed by atoms with Crippen LogP contribution >= 0.6 is 11.6 Å². The minimum Gasteiger partial charge on any atom is -0.440 e. The van der Waals surface area contributed by atoms with Crippen molar-refractivity contribution in [3.63, 3.8) is 0 Å². The number of amides is 2.